The van der Waals surface area contributed by atoms with E-state index in [0.29, 0.717) is 35.1 Å². The highest BCUT2D eigenvalue weighted by Gasteiger charge is 2.36. The number of carboxylic acid groups (broad SMARTS) is 1. The quantitative estimate of drug-likeness (QED) is 0.527. The van der Waals surface area contributed by atoms with Gasteiger partial charge in [0.25, 0.3) is 0 Å². The van der Waals surface area contributed by atoms with Crippen LogP contribution in [0.25, 0.3) is 10.8 Å². The molecule has 0 radical (unpaired) electrons. The van der Waals surface area contributed by atoms with E-state index in [2.05, 4.69) is 20.6 Å². The number of fused-ring (bicyclic) bond motifs is 1. The summed E-state index contributed by atoms with van der Waals surface area (Å²) < 4.78 is 39.2. The number of aromatic nitrogens is 2. The third kappa shape index (κ3) is 4.31. The fourth-order valence-electron chi connectivity index (χ4n) is 3.46. The number of aryl methyl sites for hydroxylation is 1. The Morgan fingerprint density at radius 3 is 2.61 bits per heavy atom. The predicted octanol–water partition coefficient (Wildman–Crippen LogP) is 4.55. The molecule has 1 aliphatic rings. The predicted molar refractivity (Wildman–Crippen MR) is 109 cm³/mol. The lowest BCUT2D eigenvalue weighted by atomic mass is 9.79. The van der Waals surface area contributed by atoms with Gasteiger partial charge in [-0.1, -0.05) is 17.4 Å². The zero-order chi connectivity index (χ0) is 22.3. The molecular formula is C20H17F3N4O3S. The molecule has 0 atom stereocenters. The molecule has 3 N–H and O–H groups in total. The highest BCUT2D eigenvalue weighted by atomic mass is 32.1. The van der Waals surface area contributed by atoms with Crippen molar-refractivity contribution in [1.82, 2.24) is 9.97 Å². The number of carbonyl (C=O) groups excluding carboxylic acids is 1. The third-order valence-electron chi connectivity index (χ3n) is 5.16. The van der Waals surface area contributed by atoms with E-state index in [-0.39, 0.29) is 27.9 Å². The molecule has 7 nitrogen and oxygen atoms in total. The van der Waals surface area contributed by atoms with E-state index < -0.39 is 17.7 Å². The second kappa shape index (κ2) is 7.80. The first kappa shape index (κ1) is 21.0. The van der Waals surface area contributed by atoms with Gasteiger partial charge in [0.1, 0.15) is 10.7 Å². The molecule has 31 heavy (non-hydrogen) atoms. The fraction of sp³-hybridized carbons (Fsp3) is 0.300. The number of halogens is 3. The van der Waals surface area contributed by atoms with Crippen LogP contribution in [0.2, 0.25) is 0 Å². The number of thiazole rings is 1. The number of benzene rings is 1. The summed E-state index contributed by atoms with van der Waals surface area (Å²) in [6.45, 7) is 1.56. The Labute approximate surface area is 178 Å². The number of amides is 1. The molecule has 0 unspecified atom stereocenters. The zero-order valence-electron chi connectivity index (χ0n) is 16.2. The lowest BCUT2D eigenvalue weighted by Gasteiger charge is -2.35. The number of hydrogen-bond acceptors (Lipinski definition) is 6. The van der Waals surface area contributed by atoms with E-state index in [1.165, 1.54) is 12.3 Å². The van der Waals surface area contributed by atoms with Crippen LogP contribution in [-0.2, 0) is 11.0 Å². The van der Waals surface area contributed by atoms with Gasteiger partial charge in [-0.15, -0.1) is 0 Å². The molecule has 1 fully saturated rings. The van der Waals surface area contributed by atoms with Crippen molar-refractivity contribution in [2.45, 2.75) is 32.0 Å². The normalized spacial score (nSPS) is 18.5. The summed E-state index contributed by atoms with van der Waals surface area (Å²) >= 11 is 0.896. The highest BCUT2D eigenvalue weighted by Crippen LogP contribution is 2.36. The van der Waals surface area contributed by atoms with Crippen LogP contribution in [-0.4, -0.2) is 33.0 Å². The van der Waals surface area contributed by atoms with Crippen LogP contribution in [0.4, 0.5) is 24.1 Å². The SMILES string of the molecule is Cc1nc(NC(=O)C2CC(Nc3nccc4ccc(C(F)(F)F)cc34)C2)sc1C(=O)O. The number of nitrogens with one attached hydrogen (secondary N) is 2. The molecule has 1 aliphatic carbocycles. The Morgan fingerprint density at radius 1 is 1.23 bits per heavy atom. The van der Waals surface area contributed by atoms with Crippen LogP contribution in [0, 0.1) is 12.8 Å². The lowest BCUT2D eigenvalue weighted by Crippen LogP contribution is -2.42. The van der Waals surface area contributed by atoms with E-state index in [4.69, 9.17) is 5.11 Å². The van der Waals surface area contributed by atoms with Gasteiger partial charge in [-0.3, -0.25) is 4.79 Å². The maximum atomic E-state index is 13.1. The molecule has 1 amide bonds. The number of anilines is 2. The summed E-state index contributed by atoms with van der Waals surface area (Å²) in [5.41, 5.74) is -0.414. The molecule has 1 aromatic carbocycles. The van der Waals surface area contributed by atoms with Crippen molar-refractivity contribution in [3.8, 4) is 0 Å². The first-order valence-corrected chi connectivity index (χ1v) is 10.2. The topological polar surface area (TPSA) is 104 Å². The van der Waals surface area contributed by atoms with Crippen LogP contribution < -0.4 is 10.6 Å². The average Bonchev–Trinajstić information content (AvgIpc) is 3.03. The Kier molecular flexibility index (Phi) is 5.29. The molecule has 2 aromatic heterocycles. The van der Waals surface area contributed by atoms with E-state index in [1.807, 2.05) is 0 Å². The van der Waals surface area contributed by atoms with Crippen molar-refractivity contribution in [3.05, 3.63) is 46.6 Å². The second-order valence-corrected chi connectivity index (χ2v) is 8.33. The Hall–Kier alpha value is -3.21. The number of rotatable bonds is 5. The molecule has 11 heteroatoms. The van der Waals surface area contributed by atoms with E-state index in [1.54, 1.807) is 13.0 Å². The van der Waals surface area contributed by atoms with Crippen LogP contribution >= 0.6 is 11.3 Å². The minimum atomic E-state index is -4.45. The number of alkyl halides is 3. The van der Waals surface area contributed by atoms with Crippen molar-refractivity contribution < 1.29 is 27.9 Å². The van der Waals surface area contributed by atoms with E-state index >= 15 is 0 Å². The first-order valence-electron chi connectivity index (χ1n) is 9.36. The van der Waals surface area contributed by atoms with Gasteiger partial charge >= 0.3 is 12.1 Å². The van der Waals surface area contributed by atoms with E-state index in [9.17, 15) is 22.8 Å². The lowest BCUT2D eigenvalue weighted by molar-refractivity contribution is -0.137. The maximum absolute atomic E-state index is 13.1. The van der Waals surface area contributed by atoms with Crippen molar-refractivity contribution in [2.24, 2.45) is 5.92 Å². The van der Waals surface area contributed by atoms with Gasteiger partial charge in [0.2, 0.25) is 5.91 Å². The monoisotopic (exact) mass is 450 g/mol. The number of hydrogen-bond donors (Lipinski definition) is 3. The molecule has 4 rings (SSSR count). The Balaban J connectivity index is 1.41. The smallest absolute Gasteiger partial charge is 0.416 e. The Morgan fingerprint density at radius 2 is 1.97 bits per heavy atom. The van der Waals surface area contributed by atoms with Crippen molar-refractivity contribution >= 4 is 44.9 Å². The van der Waals surface area contributed by atoms with Gasteiger partial charge in [0, 0.05) is 23.5 Å². The van der Waals surface area contributed by atoms with Gasteiger partial charge in [-0.25, -0.2) is 14.8 Å². The van der Waals surface area contributed by atoms with Crippen LogP contribution in [0.1, 0.15) is 33.8 Å². The zero-order valence-corrected chi connectivity index (χ0v) is 17.0. The maximum Gasteiger partial charge on any atom is 0.416 e. The highest BCUT2D eigenvalue weighted by molar-refractivity contribution is 7.17. The second-order valence-electron chi connectivity index (χ2n) is 7.33. The molecule has 1 saturated carbocycles. The number of aromatic carboxylic acids is 1. The fourth-order valence-corrected chi connectivity index (χ4v) is 4.27. The molecule has 3 aromatic rings. The van der Waals surface area contributed by atoms with E-state index in [0.717, 1.165) is 23.5 Å². The van der Waals surface area contributed by atoms with Crippen LogP contribution in [0.5, 0.6) is 0 Å². The standard InChI is InChI=1S/C20H17F3N4O3S/c1-9-15(18(29)30)31-19(25-9)27-17(28)11-6-13(7-11)26-16-14-8-12(20(21,22)23)3-2-10(14)4-5-24-16/h2-5,8,11,13H,6-7H2,1H3,(H,24,26)(H,29,30)(H,25,27,28). The molecule has 0 saturated heterocycles. The summed E-state index contributed by atoms with van der Waals surface area (Å²) in [6.07, 6.45) is -1.99. The first-order chi connectivity index (χ1) is 14.6. The molecule has 0 spiro atoms. The molecular weight excluding hydrogens is 433 g/mol. The largest absolute Gasteiger partial charge is 0.477 e. The van der Waals surface area contributed by atoms with Gasteiger partial charge in [-0.2, -0.15) is 13.2 Å². The summed E-state index contributed by atoms with van der Waals surface area (Å²) in [6, 6.07) is 5.03. The van der Waals surface area contributed by atoms with Crippen molar-refractivity contribution in [2.75, 3.05) is 10.6 Å². The molecule has 0 aliphatic heterocycles. The summed E-state index contributed by atoms with van der Waals surface area (Å²) in [5, 5.41) is 16.1. The van der Waals surface area contributed by atoms with Crippen LogP contribution in [0.3, 0.4) is 0 Å². The molecule has 162 valence electrons. The third-order valence-corrected chi connectivity index (χ3v) is 6.22. The van der Waals surface area contributed by atoms with Crippen molar-refractivity contribution in [3.63, 3.8) is 0 Å². The number of carboxylic acids is 1. The average molecular weight is 450 g/mol. The minimum absolute atomic E-state index is 0.0729. The number of pyridine rings is 1. The van der Waals surface area contributed by atoms with Crippen LogP contribution in [0.15, 0.2) is 30.5 Å². The number of nitrogens with zero attached hydrogens (tertiary/aromatic N) is 2. The van der Waals surface area contributed by atoms with Crippen molar-refractivity contribution in [1.29, 1.82) is 0 Å². The summed E-state index contributed by atoms with van der Waals surface area (Å²) in [7, 11) is 0. The van der Waals surface area contributed by atoms with Gasteiger partial charge < -0.3 is 15.7 Å². The van der Waals surface area contributed by atoms with Gasteiger partial charge in [0.15, 0.2) is 5.13 Å². The Bertz CT molecular complexity index is 1170. The summed E-state index contributed by atoms with van der Waals surface area (Å²) in [5.74, 6) is -1.33. The van der Waals surface area contributed by atoms with Gasteiger partial charge in [-0.05, 0) is 43.4 Å². The minimum Gasteiger partial charge on any atom is -0.477 e. The number of carbonyl (C=O) groups is 2. The summed E-state index contributed by atoms with van der Waals surface area (Å²) in [4.78, 5) is 31.8. The molecule has 0 bridgehead atoms. The van der Waals surface area contributed by atoms with Gasteiger partial charge in [0.05, 0.1) is 11.3 Å². The molecule has 2 heterocycles.